The largest absolute Gasteiger partial charge is 0.392 e. The maximum absolute atomic E-state index is 12.3. The van der Waals surface area contributed by atoms with Crippen LogP contribution in [0.15, 0.2) is 30.5 Å². The molecular weight excluding hydrogens is 314 g/mol. The predicted octanol–water partition coefficient (Wildman–Crippen LogP) is 2.45. The van der Waals surface area contributed by atoms with Gasteiger partial charge in [-0.15, -0.1) is 0 Å². The number of aryl methyl sites for hydroxylation is 1. The van der Waals surface area contributed by atoms with Crippen LogP contribution < -0.4 is 5.32 Å². The molecule has 1 atom stereocenters. The number of β-amino-alcohol motifs (C(OH)–C–C–N with tert-alkyl or cyclic N) is 1. The Balaban J connectivity index is 1.41. The third kappa shape index (κ3) is 4.83. The first-order chi connectivity index (χ1) is 12.2. The van der Waals surface area contributed by atoms with Crippen molar-refractivity contribution in [1.29, 1.82) is 0 Å². The molecule has 5 heteroatoms. The highest BCUT2D eigenvalue weighted by Crippen LogP contribution is 2.19. The van der Waals surface area contributed by atoms with Crippen molar-refractivity contribution in [3.8, 4) is 0 Å². The summed E-state index contributed by atoms with van der Waals surface area (Å²) in [5.41, 5.74) is 2.33. The van der Waals surface area contributed by atoms with Gasteiger partial charge in [-0.25, -0.2) is 0 Å². The van der Waals surface area contributed by atoms with Crippen molar-refractivity contribution in [3.63, 3.8) is 0 Å². The van der Waals surface area contributed by atoms with Crippen LogP contribution in [-0.2, 0) is 11.2 Å². The zero-order valence-electron chi connectivity index (χ0n) is 15.0. The SMILES string of the molecule is CCC(O)CN1CCC(NC(=O)CCc2c[nH]c3ccccc23)CC1. The number of amides is 1. The highest BCUT2D eigenvalue weighted by molar-refractivity contribution is 5.84. The lowest BCUT2D eigenvalue weighted by atomic mass is 10.0. The quantitative estimate of drug-likeness (QED) is 0.723. The first kappa shape index (κ1) is 18.0. The van der Waals surface area contributed by atoms with Crippen molar-refractivity contribution < 1.29 is 9.90 Å². The van der Waals surface area contributed by atoms with Crippen LogP contribution in [0.1, 0.15) is 38.2 Å². The van der Waals surface area contributed by atoms with Gasteiger partial charge in [-0.3, -0.25) is 4.79 Å². The van der Waals surface area contributed by atoms with Crippen molar-refractivity contribution in [2.24, 2.45) is 0 Å². The number of para-hydroxylation sites is 1. The molecule has 1 aromatic heterocycles. The topological polar surface area (TPSA) is 68.4 Å². The zero-order chi connectivity index (χ0) is 17.6. The Hall–Kier alpha value is -1.85. The fourth-order valence-electron chi connectivity index (χ4n) is 3.57. The fourth-order valence-corrected chi connectivity index (χ4v) is 3.57. The Kier molecular flexibility index (Phi) is 6.10. The van der Waals surface area contributed by atoms with Crippen LogP contribution in [0.4, 0.5) is 0 Å². The summed E-state index contributed by atoms with van der Waals surface area (Å²) in [5.74, 6) is 0.136. The molecule has 136 valence electrons. The second-order valence-corrected chi connectivity index (χ2v) is 7.06. The molecule has 0 aliphatic carbocycles. The molecular formula is C20H29N3O2. The minimum Gasteiger partial charge on any atom is -0.392 e. The van der Waals surface area contributed by atoms with Crippen LogP contribution in [0.5, 0.6) is 0 Å². The maximum atomic E-state index is 12.3. The number of aliphatic hydroxyl groups excluding tert-OH is 1. The minimum atomic E-state index is -0.234. The number of H-pyrrole nitrogens is 1. The number of aliphatic hydroxyl groups is 1. The van der Waals surface area contributed by atoms with Gasteiger partial charge in [0, 0.05) is 49.2 Å². The number of aromatic amines is 1. The first-order valence-electron chi connectivity index (χ1n) is 9.40. The van der Waals surface area contributed by atoms with E-state index in [1.165, 1.54) is 10.9 Å². The second kappa shape index (κ2) is 8.50. The molecule has 2 heterocycles. The van der Waals surface area contributed by atoms with Crippen molar-refractivity contribution in [2.75, 3.05) is 19.6 Å². The fraction of sp³-hybridized carbons (Fsp3) is 0.550. The molecule has 1 amide bonds. The van der Waals surface area contributed by atoms with Gasteiger partial charge in [0.05, 0.1) is 6.10 Å². The summed E-state index contributed by atoms with van der Waals surface area (Å²) < 4.78 is 0. The predicted molar refractivity (Wildman–Crippen MR) is 101 cm³/mol. The molecule has 0 spiro atoms. The zero-order valence-corrected chi connectivity index (χ0v) is 15.0. The number of carbonyl (C=O) groups is 1. The summed E-state index contributed by atoms with van der Waals surface area (Å²) in [6.07, 6.45) is 5.79. The van der Waals surface area contributed by atoms with Crippen LogP contribution in [0.3, 0.4) is 0 Å². The van der Waals surface area contributed by atoms with Crippen LogP contribution in [0.25, 0.3) is 10.9 Å². The highest BCUT2D eigenvalue weighted by atomic mass is 16.3. The molecule has 1 unspecified atom stereocenters. The summed E-state index contributed by atoms with van der Waals surface area (Å²) in [5, 5.41) is 14.1. The first-order valence-corrected chi connectivity index (χ1v) is 9.40. The second-order valence-electron chi connectivity index (χ2n) is 7.06. The van der Waals surface area contributed by atoms with E-state index >= 15 is 0 Å². The van der Waals surface area contributed by atoms with E-state index < -0.39 is 0 Å². The lowest BCUT2D eigenvalue weighted by Crippen LogP contribution is -2.46. The van der Waals surface area contributed by atoms with Crippen LogP contribution in [0, 0.1) is 0 Å². The van der Waals surface area contributed by atoms with Gasteiger partial charge in [0.25, 0.3) is 0 Å². The Morgan fingerprint density at radius 2 is 2.12 bits per heavy atom. The lowest BCUT2D eigenvalue weighted by Gasteiger charge is -2.33. The molecule has 1 saturated heterocycles. The molecule has 0 radical (unpaired) electrons. The standard InChI is InChI=1S/C20H29N3O2/c1-2-17(24)14-23-11-9-16(10-12-23)22-20(25)8-7-15-13-21-19-6-4-3-5-18(15)19/h3-6,13,16-17,21,24H,2,7-12,14H2,1H3,(H,22,25). The number of fused-ring (bicyclic) bond motifs is 1. The number of aromatic nitrogens is 1. The van der Waals surface area contributed by atoms with Crippen molar-refractivity contribution in [3.05, 3.63) is 36.0 Å². The number of piperidine rings is 1. The van der Waals surface area contributed by atoms with Crippen molar-refractivity contribution >= 4 is 16.8 Å². The number of benzene rings is 1. The Morgan fingerprint density at radius 1 is 1.36 bits per heavy atom. The number of carbonyl (C=O) groups excluding carboxylic acids is 1. The normalized spacial score (nSPS) is 17.7. The van der Waals surface area contributed by atoms with Gasteiger partial charge in [-0.05, 0) is 37.3 Å². The summed E-state index contributed by atoms with van der Waals surface area (Å²) in [7, 11) is 0. The number of likely N-dealkylation sites (tertiary alicyclic amines) is 1. The monoisotopic (exact) mass is 343 g/mol. The molecule has 2 aromatic rings. The van der Waals surface area contributed by atoms with E-state index in [4.69, 9.17) is 0 Å². The van der Waals surface area contributed by atoms with E-state index in [0.29, 0.717) is 6.42 Å². The van der Waals surface area contributed by atoms with Gasteiger partial charge < -0.3 is 20.3 Å². The summed E-state index contributed by atoms with van der Waals surface area (Å²) >= 11 is 0. The van der Waals surface area contributed by atoms with E-state index in [9.17, 15) is 9.90 Å². The van der Waals surface area contributed by atoms with Crippen molar-refractivity contribution in [2.45, 2.75) is 51.2 Å². The van der Waals surface area contributed by atoms with Crippen LogP contribution >= 0.6 is 0 Å². The lowest BCUT2D eigenvalue weighted by molar-refractivity contribution is -0.122. The highest BCUT2D eigenvalue weighted by Gasteiger charge is 2.21. The number of hydrogen-bond acceptors (Lipinski definition) is 3. The summed E-state index contributed by atoms with van der Waals surface area (Å²) in [4.78, 5) is 17.8. The van der Waals surface area contributed by atoms with Gasteiger partial charge >= 0.3 is 0 Å². The molecule has 25 heavy (non-hydrogen) atoms. The molecule has 0 saturated carbocycles. The van der Waals surface area contributed by atoms with E-state index in [1.54, 1.807) is 0 Å². The number of hydrogen-bond donors (Lipinski definition) is 3. The molecule has 1 fully saturated rings. The van der Waals surface area contributed by atoms with E-state index in [2.05, 4.69) is 27.3 Å². The molecule has 1 aromatic carbocycles. The number of rotatable bonds is 7. The smallest absolute Gasteiger partial charge is 0.220 e. The van der Waals surface area contributed by atoms with E-state index in [0.717, 1.165) is 50.8 Å². The Morgan fingerprint density at radius 3 is 2.88 bits per heavy atom. The van der Waals surface area contributed by atoms with Gasteiger partial charge in [-0.2, -0.15) is 0 Å². The van der Waals surface area contributed by atoms with Gasteiger partial charge in [0.15, 0.2) is 0 Å². The third-order valence-corrected chi connectivity index (χ3v) is 5.19. The molecule has 0 bridgehead atoms. The molecule has 3 rings (SSSR count). The average molecular weight is 343 g/mol. The van der Waals surface area contributed by atoms with Crippen LogP contribution in [-0.4, -0.2) is 52.7 Å². The van der Waals surface area contributed by atoms with Crippen molar-refractivity contribution in [1.82, 2.24) is 15.2 Å². The number of nitrogens with zero attached hydrogens (tertiary/aromatic N) is 1. The van der Waals surface area contributed by atoms with Gasteiger partial charge in [0.1, 0.15) is 0 Å². The molecule has 1 aliphatic heterocycles. The number of nitrogens with one attached hydrogen (secondary N) is 2. The maximum Gasteiger partial charge on any atom is 0.220 e. The van der Waals surface area contributed by atoms with Crippen LogP contribution in [0.2, 0.25) is 0 Å². The minimum absolute atomic E-state index is 0.136. The van der Waals surface area contributed by atoms with Gasteiger partial charge in [0.2, 0.25) is 5.91 Å². The van der Waals surface area contributed by atoms with E-state index in [-0.39, 0.29) is 18.1 Å². The summed E-state index contributed by atoms with van der Waals surface area (Å²) in [6.45, 7) is 4.65. The molecule has 1 aliphatic rings. The summed E-state index contributed by atoms with van der Waals surface area (Å²) in [6, 6.07) is 8.47. The molecule has 3 N–H and O–H groups in total. The average Bonchev–Trinajstić information content (AvgIpc) is 3.05. The third-order valence-electron chi connectivity index (χ3n) is 5.19. The Bertz CT molecular complexity index is 689. The van der Waals surface area contributed by atoms with Gasteiger partial charge in [-0.1, -0.05) is 25.1 Å². The Labute approximate surface area is 149 Å². The molecule has 5 nitrogen and oxygen atoms in total. The van der Waals surface area contributed by atoms with E-state index in [1.807, 2.05) is 25.3 Å².